The summed E-state index contributed by atoms with van der Waals surface area (Å²) in [5, 5.41) is 12.4. The van der Waals surface area contributed by atoms with Crippen LogP contribution in [0.15, 0.2) is 42.5 Å². The molecular formula is C17H14ClN3O3S. The molecule has 3 aromatic rings. The van der Waals surface area contributed by atoms with E-state index >= 15 is 0 Å². The van der Waals surface area contributed by atoms with E-state index in [9.17, 15) is 4.79 Å². The molecule has 0 unspecified atom stereocenters. The molecule has 3 rings (SSSR count). The van der Waals surface area contributed by atoms with Crippen LogP contribution in [0.25, 0.3) is 10.6 Å². The summed E-state index contributed by atoms with van der Waals surface area (Å²) in [6, 6.07) is 12.1. The highest BCUT2D eigenvalue weighted by molar-refractivity contribution is 7.18. The number of carbonyl (C=O) groups excluding carboxylic acids is 1. The lowest BCUT2D eigenvalue weighted by Gasteiger charge is -2.07. The van der Waals surface area contributed by atoms with Crippen molar-refractivity contribution in [2.75, 3.05) is 19.5 Å². The maximum absolute atomic E-state index is 12.2. The maximum atomic E-state index is 12.2. The van der Waals surface area contributed by atoms with Crippen LogP contribution in [0.5, 0.6) is 11.5 Å². The van der Waals surface area contributed by atoms with Gasteiger partial charge in [0.1, 0.15) is 11.5 Å². The zero-order valence-corrected chi connectivity index (χ0v) is 15.0. The number of nitrogens with zero attached hydrogens (tertiary/aromatic N) is 2. The van der Waals surface area contributed by atoms with Crippen LogP contribution in [0.3, 0.4) is 0 Å². The molecule has 0 atom stereocenters. The third kappa shape index (κ3) is 3.89. The monoisotopic (exact) mass is 375 g/mol. The zero-order valence-electron chi connectivity index (χ0n) is 13.4. The Kier molecular flexibility index (Phi) is 5.16. The van der Waals surface area contributed by atoms with E-state index in [1.807, 2.05) is 12.1 Å². The van der Waals surface area contributed by atoms with Crippen molar-refractivity contribution in [1.29, 1.82) is 0 Å². The highest BCUT2D eigenvalue weighted by Gasteiger charge is 2.15. The first-order valence-corrected chi connectivity index (χ1v) is 8.43. The number of anilines is 1. The first-order chi connectivity index (χ1) is 12.1. The third-order valence-corrected chi connectivity index (χ3v) is 4.48. The van der Waals surface area contributed by atoms with Crippen LogP contribution in [-0.2, 0) is 0 Å². The Morgan fingerprint density at radius 1 is 1.12 bits per heavy atom. The Bertz CT molecular complexity index is 914. The van der Waals surface area contributed by atoms with Gasteiger partial charge in [0.05, 0.1) is 19.8 Å². The van der Waals surface area contributed by atoms with Crippen LogP contribution in [0.1, 0.15) is 10.4 Å². The number of aromatic nitrogens is 2. The van der Waals surface area contributed by atoms with Gasteiger partial charge in [-0.25, -0.2) is 0 Å². The topological polar surface area (TPSA) is 73.3 Å². The first-order valence-electron chi connectivity index (χ1n) is 7.23. The Morgan fingerprint density at radius 3 is 2.68 bits per heavy atom. The minimum atomic E-state index is -0.299. The van der Waals surface area contributed by atoms with Gasteiger partial charge in [0, 0.05) is 16.7 Å². The molecule has 0 saturated carbocycles. The molecule has 8 heteroatoms. The fourth-order valence-corrected chi connectivity index (χ4v) is 3.12. The van der Waals surface area contributed by atoms with E-state index in [1.165, 1.54) is 11.3 Å². The molecule has 0 aliphatic heterocycles. The number of ether oxygens (including phenoxy) is 2. The molecule has 6 nitrogen and oxygen atoms in total. The molecule has 1 amide bonds. The van der Waals surface area contributed by atoms with E-state index < -0.39 is 0 Å². The highest BCUT2D eigenvalue weighted by Crippen LogP contribution is 2.36. The SMILES string of the molecule is COc1ccc(-c2nnc(NC(=O)c3cccc(Cl)c3)s2)c(OC)c1. The van der Waals surface area contributed by atoms with Crippen LogP contribution in [-0.4, -0.2) is 30.3 Å². The van der Waals surface area contributed by atoms with Crippen LogP contribution in [0, 0.1) is 0 Å². The summed E-state index contributed by atoms with van der Waals surface area (Å²) < 4.78 is 10.6. The van der Waals surface area contributed by atoms with E-state index in [-0.39, 0.29) is 5.91 Å². The molecule has 1 aromatic heterocycles. The van der Waals surface area contributed by atoms with Crippen molar-refractivity contribution in [3.8, 4) is 22.1 Å². The zero-order chi connectivity index (χ0) is 17.8. The lowest BCUT2D eigenvalue weighted by atomic mass is 10.2. The lowest BCUT2D eigenvalue weighted by molar-refractivity contribution is 0.102. The highest BCUT2D eigenvalue weighted by atomic mass is 35.5. The minimum Gasteiger partial charge on any atom is -0.497 e. The van der Waals surface area contributed by atoms with Crippen LogP contribution in [0.4, 0.5) is 5.13 Å². The van der Waals surface area contributed by atoms with Crippen molar-refractivity contribution in [3.63, 3.8) is 0 Å². The molecule has 0 saturated heterocycles. The molecule has 0 fully saturated rings. The van der Waals surface area contributed by atoms with E-state index in [0.717, 1.165) is 5.56 Å². The second kappa shape index (κ2) is 7.50. The second-order valence-electron chi connectivity index (χ2n) is 4.94. The summed E-state index contributed by atoms with van der Waals surface area (Å²) in [5.41, 5.74) is 1.22. The molecular weight excluding hydrogens is 362 g/mol. The molecule has 1 heterocycles. The van der Waals surface area contributed by atoms with Gasteiger partial charge in [-0.1, -0.05) is 29.0 Å². The van der Waals surface area contributed by atoms with Crippen molar-refractivity contribution in [1.82, 2.24) is 10.2 Å². The predicted octanol–water partition coefficient (Wildman–Crippen LogP) is 4.13. The fourth-order valence-electron chi connectivity index (χ4n) is 2.16. The molecule has 1 N–H and O–H groups in total. The summed E-state index contributed by atoms with van der Waals surface area (Å²) in [6.45, 7) is 0. The number of hydrogen-bond acceptors (Lipinski definition) is 6. The number of hydrogen-bond donors (Lipinski definition) is 1. The molecule has 128 valence electrons. The number of carbonyl (C=O) groups is 1. The average Bonchev–Trinajstić information content (AvgIpc) is 3.09. The average molecular weight is 376 g/mol. The standard InChI is InChI=1S/C17H14ClN3O3S/c1-23-12-6-7-13(14(9-12)24-2)16-20-21-17(25-16)19-15(22)10-4-3-5-11(18)8-10/h3-9H,1-2H3,(H,19,21,22). The van der Waals surface area contributed by atoms with Gasteiger partial charge in [-0.15, -0.1) is 10.2 Å². The van der Waals surface area contributed by atoms with E-state index in [2.05, 4.69) is 15.5 Å². The normalized spacial score (nSPS) is 10.4. The van der Waals surface area contributed by atoms with Crippen molar-refractivity contribution in [3.05, 3.63) is 53.1 Å². The Balaban J connectivity index is 1.82. The third-order valence-electron chi connectivity index (χ3n) is 3.37. The second-order valence-corrected chi connectivity index (χ2v) is 6.36. The fraction of sp³-hybridized carbons (Fsp3) is 0.118. The van der Waals surface area contributed by atoms with Crippen LogP contribution in [0.2, 0.25) is 5.02 Å². The summed E-state index contributed by atoms with van der Waals surface area (Å²) in [5.74, 6) is 0.995. The number of halogens is 1. The van der Waals surface area contributed by atoms with Gasteiger partial charge in [-0.05, 0) is 30.3 Å². The number of methoxy groups -OCH3 is 2. The van der Waals surface area contributed by atoms with Gasteiger partial charge < -0.3 is 9.47 Å². The number of benzene rings is 2. The number of amides is 1. The number of rotatable bonds is 5. The van der Waals surface area contributed by atoms with Crippen LogP contribution < -0.4 is 14.8 Å². The maximum Gasteiger partial charge on any atom is 0.257 e. The van der Waals surface area contributed by atoms with E-state index in [4.69, 9.17) is 21.1 Å². The Hall–Kier alpha value is -2.64. The van der Waals surface area contributed by atoms with Crippen molar-refractivity contribution in [2.45, 2.75) is 0 Å². The van der Waals surface area contributed by atoms with E-state index in [1.54, 1.807) is 44.6 Å². The molecule has 25 heavy (non-hydrogen) atoms. The summed E-state index contributed by atoms with van der Waals surface area (Å²) in [6.07, 6.45) is 0. The van der Waals surface area contributed by atoms with E-state index in [0.29, 0.717) is 32.2 Å². The molecule has 2 aromatic carbocycles. The summed E-state index contributed by atoms with van der Waals surface area (Å²) in [4.78, 5) is 12.2. The van der Waals surface area contributed by atoms with Crippen molar-refractivity contribution < 1.29 is 14.3 Å². The van der Waals surface area contributed by atoms with Gasteiger partial charge in [0.2, 0.25) is 5.13 Å². The van der Waals surface area contributed by atoms with Gasteiger partial charge in [-0.2, -0.15) is 0 Å². The molecule has 0 aliphatic rings. The van der Waals surface area contributed by atoms with Gasteiger partial charge in [0.25, 0.3) is 5.91 Å². The quantitative estimate of drug-likeness (QED) is 0.725. The largest absolute Gasteiger partial charge is 0.497 e. The summed E-state index contributed by atoms with van der Waals surface area (Å²) >= 11 is 7.15. The summed E-state index contributed by atoms with van der Waals surface area (Å²) in [7, 11) is 3.16. The minimum absolute atomic E-state index is 0.299. The molecule has 0 bridgehead atoms. The van der Waals surface area contributed by atoms with Gasteiger partial charge in [0.15, 0.2) is 5.01 Å². The number of nitrogens with one attached hydrogen (secondary N) is 1. The lowest BCUT2D eigenvalue weighted by Crippen LogP contribution is -2.11. The molecule has 0 radical (unpaired) electrons. The smallest absolute Gasteiger partial charge is 0.257 e. The van der Waals surface area contributed by atoms with Gasteiger partial charge >= 0.3 is 0 Å². The molecule has 0 spiro atoms. The van der Waals surface area contributed by atoms with Crippen molar-refractivity contribution >= 4 is 34.0 Å². The predicted molar refractivity (Wildman–Crippen MR) is 97.9 cm³/mol. The Labute approximate surface area is 153 Å². The Morgan fingerprint density at radius 2 is 1.96 bits per heavy atom. The molecule has 0 aliphatic carbocycles. The van der Waals surface area contributed by atoms with Crippen molar-refractivity contribution in [2.24, 2.45) is 0 Å². The van der Waals surface area contributed by atoms with Crippen LogP contribution >= 0.6 is 22.9 Å². The first kappa shape index (κ1) is 17.2. The van der Waals surface area contributed by atoms with Gasteiger partial charge in [-0.3, -0.25) is 10.1 Å².